The second-order valence-electron chi connectivity index (χ2n) is 8.29. The van der Waals surface area contributed by atoms with Crippen LogP contribution in [-0.2, 0) is 10.3 Å². The summed E-state index contributed by atoms with van der Waals surface area (Å²) in [6, 6.07) is 7.59. The Hall–Kier alpha value is -3.36. The lowest BCUT2D eigenvalue weighted by Gasteiger charge is -2.41. The Labute approximate surface area is 198 Å². The molecule has 176 valence electrons. The van der Waals surface area contributed by atoms with Gasteiger partial charge in [0.15, 0.2) is 22.6 Å². The summed E-state index contributed by atoms with van der Waals surface area (Å²) in [6.45, 7) is 0.941. The average Bonchev–Trinajstić information content (AvgIpc) is 2.80. The number of aliphatic imine (C=N–C) groups is 1. The Morgan fingerprint density at radius 2 is 2.09 bits per heavy atom. The lowest BCUT2D eigenvalue weighted by molar-refractivity contribution is 0.148. The van der Waals surface area contributed by atoms with E-state index in [1.165, 1.54) is 37.3 Å². The van der Waals surface area contributed by atoms with E-state index in [4.69, 9.17) is 15.7 Å². The van der Waals surface area contributed by atoms with E-state index in [1.807, 2.05) is 13.0 Å². The van der Waals surface area contributed by atoms with Crippen LogP contribution in [0, 0.1) is 23.0 Å². The van der Waals surface area contributed by atoms with Crippen molar-refractivity contribution in [3.8, 4) is 6.07 Å². The second kappa shape index (κ2) is 9.12. The number of nitriles is 1. The van der Waals surface area contributed by atoms with E-state index in [1.54, 1.807) is 12.1 Å². The minimum absolute atomic E-state index is 0.0422. The molecule has 1 aromatic carbocycles. The van der Waals surface area contributed by atoms with Crippen molar-refractivity contribution < 1.29 is 17.9 Å². The van der Waals surface area contributed by atoms with Crippen LogP contribution in [-0.4, -0.2) is 40.3 Å². The molecule has 3 aromatic rings. The van der Waals surface area contributed by atoms with Gasteiger partial charge in [-0.05, 0) is 31.5 Å². The number of thioether (sulfide) groups is 1. The first-order chi connectivity index (χ1) is 16.2. The summed E-state index contributed by atoms with van der Waals surface area (Å²) in [5.74, 6) is -2.11. The molecule has 2 atom stereocenters. The van der Waals surface area contributed by atoms with Crippen molar-refractivity contribution in [2.45, 2.75) is 23.6 Å². The molecule has 11 heteroatoms. The van der Waals surface area contributed by atoms with Crippen LogP contribution in [0.15, 0.2) is 41.7 Å². The van der Waals surface area contributed by atoms with E-state index in [-0.39, 0.29) is 35.3 Å². The number of nitrogens with zero attached hydrogens (tertiary/aromatic N) is 4. The number of ether oxygens (including phenoxy) is 1. The van der Waals surface area contributed by atoms with Crippen molar-refractivity contribution in [3.63, 3.8) is 0 Å². The molecule has 0 aliphatic carbocycles. The average molecular weight is 487 g/mol. The number of benzene rings is 1. The lowest BCUT2D eigenvalue weighted by Crippen LogP contribution is -2.45. The number of amidine groups is 1. The summed E-state index contributed by atoms with van der Waals surface area (Å²) in [7, 11) is 1.50. The maximum atomic E-state index is 15.1. The predicted octanol–water partition coefficient (Wildman–Crippen LogP) is 4.54. The number of alkyl halides is 1. The Balaban J connectivity index is 1.80. The fourth-order valence-electron chi connectivity index (χ4n) is 4.22. The number of fused-ring (bicyclic) bond motifs is 1. The molecule has 0 saturated heterocycles. The molecular weight excluding hydrogens is 465 g/mol. The summed E-state index contributed by atoms with van der Waals surface area (Å²) in [5, 5.41) is 12.7. The Morgan fingerprint density at radius 1 is 1.29 bits per heavy atom. The van der Waals surface area contributed by atoms with Crippen LogP contribution in [0.25, 0.3) is 10.9 Å². The van der Waals surface area contributed by atoms with E-state index in [2.05, 4.69) is 20.3 Å². The second-order valence-corrected chi connectivity index (χ2v) is 9.90. The van der Waals surface area contributed by atoms with Crippen molar-refractivity contribution >= 4 is 39.3 Å². The van der Waals surface area contributed by atoms with Gasteiger partial charge in [0.05, 0.1) is 12.2 Å². The minimum atomic E-state index is -1.72. The molecule has 4 rings (SSSR count). The Bertz CT molecular complexity index is 1330. The quantitative estimate of drug-likeness (QED) is 0.526. The van der Waals surface area contributed by atoms with E-state index in [0.717, 1.165) is 6.07 Å². The summed E-state index contributed by atoms with van der Waals surface area (Å²) in [6.07, 6.45) is 2.93. The van der Waals surface area contributed by atoms with Gasteiger partial charge < -0.3 is 15.8 Å². The van der Waals surface area contributed by atoms with Gasteiger partial charge in [0.25, 0.3) is 0 Å². The molecular formula is C23H21F3N6OS. The molecule has 0 spiro atoms. The maximum absolute atomic E-state index is 15.1. The van der Waals surface area contributed by atoms with Gasteiger partial charge in [-0.3, -0.25) is 4.98 Å². The van der Waals surface area contributed by atoms with Gasteiger partial charge in [0.2, 0.25) is 0 Å². The number of methoxy groups -OCH3 is 1. The first-order valence-electron chi connectivity index (χ1n) is 10.2. The van der Waals surface area contributed by atoms with Crippen LogP contribution < -0.4 is 11.1 Å². The SMILES string of the molecule is COC[C@@]1(C)C[C@@](CF)(c2cc(Nc3nccc4cc(C#N)cnc34)cc(F)c2F)N=C(N)S1. The minimum Gasteiger partial charge on any atom is -0.383 e. The number of hydrogen-bond donors (Lipinski definition) is 2. The number of aromatic nitrogens is 2. The number of nitrogens with two attached hydrogens (primary N) is 1. The van der Waals surface area contributed by atoms with Gasteiger partial charge in [-0.15, -0.1) is 0 Å². The zero-order valence-electron chi connectivity index (χ0n) is 18.4. The summed E-state index contributed by atoms with van der Waals surface area (Å²) in [4.78, 5) is 12.7. The number of pyridine rings is 2. The van der Waals surface area contributed by atoms with E-state index in [0.29, 0.717) is 16.5 Å². The Morgan fingerprint density at radius 3 is 2.79 bits per heavy atom. The smallest absolute Gasteiger partial charge is 0.164 e. The highest BCUT2D eigenvalue weighted by atomic mass is 32.2. The number of nitrogens with one attached hydrogen (secondary N) is 1. The molecule has 0 amide bonds. The number of hydrogen-bond acceptors (Lipinski definition) is 8. The Kier molecular flexibility index (Phi) is 6.38. The molecule has 34 heavy (non-hydrogen) atoms. The van der Waals surface area contributed by atoms with Gasteiger partial charge in [0.1, 0.15) is 23.8 Å². The van der Waals surface area contributed by atoms with Crippen LogP contribution in [0.3, 0.4) is 0 Å². The summed E-state index contributed by atoms with van der Waals surface area (Å²) in [5.41, 5.74) is 4.93. The molecule has 0 bridgehead atoms. The number of anilines is 2. The van der Waals surface area contributed by atoms with Gasteiger partial charge in [-0.25, -0.2) is 23.1 Å². The molecule has 1 aliphatic rings. The van der Waals surface area contributed by atoms with Crippen molar-refractivity contribution in [2.24, 2.45) is 10.7 Å². The maximum Gasteiger partial charge on any atom is 0.164 e. The van der Waals surface area contributed by atoms with Gasteiger partial charge in [-0.2, -0.15) is 5.26 Å². The van der Waals surface area contributed by atoms with Crippen LogP contribution in [0.1, 0.15) is 24.5 Å². The van der Waals surface area contributed by atoms with Crippen LogP contribution in [0.2, 0.25) is 0 Å². The van der Waals surface area contributed by atoms with Crippen molar-refractivity contribution in [2.75, 3.05) is 25.7 Å². The van der Waals surface area contributed by atoms with Crippen LogP contribution in [0.5, 0.6) is 0 Å². The fraction of sp³-hybridized carbons (Fsp3) is 0.304. The lowest BCUT2D eigenvalue weighted by atomic mass is 9.82. The van der Waals surface area contributed by atoms with E-state index in [9.17, 15) is 8.78 Å². The number of halogens is 3. The van der Waals surface area contributed by atoms with Gasteiger partial charge in [-0.1, -0.05) is 11.8 Å². The molecule has 2 aromatic heterocycles. The highest BCUT2D eigenvalue weighted by Gasteiger charge is 2.47. The highest BCUT2D eigenvalue weighted by molar-refractivity contribution is 8.15. The highest BCUT2D eigenvalue weighted by Crippen LogP contribution is 2.47. The van der Waals surface area contributed by atoms with Crippen molar-refractivity contribution in [3.05, 3.63) is 59.4 Å². The van der Waals surface area contributed by atoms with E-state index < -0.39 is 28.6 Å². The van der Waals surface area contributed by atoms with Gasteiger partial charge >= 0.3 is 0 Å². The molecule has 1 aliphatic heterocycles. The van der Waals surface area contributed by atoms with E-state index >= 15 is 4.39 Å². The molecule has 0 radical (unpaired) electrons. The first-order valence-corrected chi connectivity index (χ1v) is 11.0. The molecule has 3 N–H and O–H groups in total. The van der Waals surface area contributed by atoms with Crippen molar-refractivity contribution in [1.29, 1.82) is 5.26 Å². The molecule has 0 saturated carbocycles. The summed E-state index contributed by atoms with van der Waals surface area (Å²) < 4.78 is 48.9. The topological polar surface area (TPSA) is 109 Å². The molecule has 0 fully saturated rings. The molecule has 7 nitrogen and oxygen atoms in total. The summed E-state index contributed by atoms with van der Waals surface area (Å²) >= 11 is 1.21. The zero-order chi connectivity index (χ0) is 24.5. The monoisotopic (exact) mass is 486 g/mol. The predicted molar refractivity (Wildman–Crippen MR) is 126 cm³/mol. The van der Waals surface area contributed by atoms with Crippen LogP contribution >= 0.6 is 11.8 Å². The number of rotatable bonds is 6. The van der Waals surface area contributed by atoms with Crippen LogP contribution in [0.4, 0.5) is 24.7 Å². The molecule has 0 unspecified atom stereocenters. The standard InChI is InChI=1S/C23H21F3N6OS/c1-22(12-33-2)10-23(11-24,32-21(28)34-22)16-6-15(7-17(25)18(16)26)31-20-19-14(3-4-29-20)5-13(8-27)9-30-19/h3-7,9H,10-12H2,1-2H3,(H2,28,32)(H,29,31)/t22-,23-/m1/s1. The van der Waals surface area contributed by atoms with Crippen molar-refractivity contribution in [1.82, 2.24) is 9.97 Å². The van der Waals surface area contributed by atoms with Gasteiger partial charge in [0, 0.05) is 47.0 Å². The third kappa shape index (κ3) is 4.38. The normalized spacial score (nSPS) is 22.3. The largest absolute Gasteiger partial charge is 0.383 e. The third-order valence-electron chi connectivity index (χ3n) is 5.53. The zero-order valence-corrected chi connectivity index (χ0v) is 19.2. The fourth-order valence-corrected chi connectivity index (χ4v) is 5.43. The molecule has 3 heterocycles. The first kappa shape index (κ1) is 23.8. The third-order valence-corrected chi connectivity index (χ3v) is 6.59.